The van der Waals surface area contributed by atoms with Gasteiger partial charge in [0.2, 0.25) is 5.91 Å². The topological polar surface area (TPSA) is 23.6 Å². The molecule has 1 aromatic rings. The predicted octanol–water partition coefficient (Wildman–Crippen LogP) is 4.33. The molecule has 1 aromatic carbocycles. The lowest BCUT2D eigenvalue weighted by molar-refractivity contribution is -0.136. The number of anilines is 1. The first-order chi connectivity index (χ1) is 11.3. The van der Waals surface area contributed by atoms with Crippen molar-refractivity contribution in [1.29, 1.82) is 0 Å². The van der Waals surface area contributed by atoms with Crippen LogP contribution in [0.5, 0.6) is 0 Å². The molecule has 1 aliphatic heterocycles. The zero-order valence-electron chi connectivity index (χ0n) is 14.8. The number of hydrogen-bond acceptors (Lipinski definition) is 2. The number of para-hydroxylation sites is 1. The Bertz CT molecular complexity index is 444. The Kier molecular flexibility index (Phi) is 7.44. The Balaban J connectivity index is 1.87. The minimum atomic E-state index is 0.226. The third-order valence-corrected chi connectivity index (χ3v) is 4.84. The highest BCUT2D eigenvalue weighted by Gasteiger charge is 2.28. The molecule has 3 heteroatoms. The summed E-state index contributed by atoms with van der Waals surface area (Å²) in [6.07, 6.45) is 6.53. The number of nitrogens with zero attached hydrogens (tertiary/aromatic N) is 2. The minimum Gasteiger partial charge on any atom is -0.371 e. The van der Waals surface area contributed by atoms with E-state index in [1.165, 1.54) is 5.69 Å². The zero-order valence-corrected chi connectivity index (χ0v) is 14.8. The fourth-order valence-electron chi connectivity index (χ4n) is 3.31. The van der Waals surface area contributed by atoms with Gasteiger partial charge in [-0.05, 0) is 37.8 Å². The van der Waals surface area contributed by atoms with Crippen LogP contribution >= 0.6 is 0 Å². The molecule has 1 amide bonds. The van der Waals surface area contributed by atoms with Crippen molar-refractivity contribution in [3.63, 3.8) is 0 Å². The molecular weight excluding hydrogens is 284 g/mol. The van der Waals surface area contributed by atoms with Crippen LogP contribution in [-0.2, 0) is 4.79 Å². The molecule has 23 heavy (non-hydrogen) atoms. The van der Waals surface area contributed by atoms with Crippen LogP contribution in [0.1, 0.15) is 52.4 Å². The SMILES string of the molecule is CCCCN(CCCC)C(=O)C1CCN(c2ccccc2)CC1. The Morgan fingerprint density at radius 2 is 1.61 bits per heavy atom. The summed E-state index contributed by atoms with van der Waals surface area (Å²) in [5.41, 5.74) is 1.28. The maximum absolute atomic E-state index is 12.9. The van der Waals surface area contributed by atoms with Gasteiger partial charge in [0.05, 0.1) is 0 Å². The van der Waals surface area contributed by atoms with E-state index in [1.54, 1.807) is 0 Å². The minimum absolute atomic E-state index is 0.226. The lowest BCUT2D eigenvalue weighted by Gasteiger charge is -2.35. The van der Waals surface area contributed by atoms with Gasteiger partial charge in [-0.1, -0.05) is 44.9 Å². The highest BCUT2D eigenvalue weighted by Crippen LogP contribution is 2.24. The molecule has 0 N–H and O–H groups in total. The van der Waals surface area contributed by atoms with Crippen molar-refractivity contribution in [2.24, 2.45) is 5.92 Å². The summed E-state index contributed by atoms with van der Waals surface area (Å²) < 4.78 is 0. The lowest BCUT2D eigenvalue weighted by Crippen LogP contribution is -2.43. The molecule has 0 atom stereocenters. The number of hydrogen-bond donors (Lipinski definition) is 0. The molecular formula is C20H32N2O. The van der Waals surface area contributed by atoms with E-state index in [-0.39, 0.29) is 5.92 Å². The van der Waals surface area contributed by atoms with Gasteiger partial charge in [-0.2, -0.15) is 0 Å². The normalized spacial score (nSPS) is 15.7. The quantitative estimate of drug-likeness (QED) is 0.712. The number of carbonyl (C=O) groups is 1. The van der Waals surface area contributed by atoms with Gasteiger partial charge in [0.1, 0.15) is 0 Å². The number of rotatable bonds is 8. The van der Waals surface area contributed by atoms with Gasteiger partial charge in [0, 0.05) is 37.8 Å². The van der Waals surface area contributed by atoms with Gasteiger partial charge in [-0.15, -0.1) is 0 Å². The first kappa shape index (κ1) is 17.8. The molecule has 3 nitrogen and oxygen atoms in total. The fraction of sp³-hybridized carbons (Fsp3) is 0.650. The molecule has 1 aliphatic rings. The average Bonchev–Trinajstić information content (AvgIpc) is 2.62. The van der Waals surface area contributed by atoms with Crippen molar-refractivity contribution in [2.45, 2.75) is 52.4 Å². The summed E-state index contributed by atoms with van der Waals surface area (Å²) >= 11 is 0. The number of benzene rings is 1. The summed E-state index contributed by atoms with van der Waals surface area (Å²) in [6, 6.07) is 10.6. The molecule has 0 spiro atoms. The van der Waals surface area contributed by atoms with Gasteiger partial charge < -0.3 is 9.80 Å². The van der Waals surface area contributed by atoms with E-state index >= 15 is 0 Å². The molecule has 128 valence electrons. The van der Waals surface area contributed by atoms with Gasteiger partial charge >= 0.3 is 0 Å². The van der Waals surface area contributed by atoms with Gasteiger partial charge in [-0.3, -0.25) is 4.79 Å². The van der Waals surface area contributed by atoms with Crippen molar-refractivity contribution >= 4 is 11.6 Å². The predicted molar refractivity (Wildman–Crippen MR) is 97.8 cm³/mol. The van der Waals surface area contributed by atoms with E-state index in [0.29, 0.717) is 5.91 Å². The van der Waals surface area contributed by atoms with Crippen LogP contribution in [0.2, 0.25) is 0 Å². The highest BCUT2D eigenvalue weighted by atomic mass is 16.2. The summed E-state index contributed by atoms with van der Waals surface area (Å²) in [5, 5.41) is 0. The summed E-state index contributed by atoms with van der Waals surface area (Å²) in [7, 11) is 0. The van der Waals surface area contributed by atoms with Gasteiger partial charge in [0.25, 0.3) is 0 Å². The fourth-order valence-corrected chi connectivity index (χ4v) is 3.31. The van der Waals surface area contributed by atoms with Crippen LogP contribution in [-0.4, -0.2) is 37.0 Å². The third kappa shape index (κ3) is 5.26. The summed E-state index contributed by atoms with van der Waals surface area (Å²) in [6.45, 7) is 8.26. The van der Waals surface area contributed by atoms with Crippen molar-refractivity contribution in [1.82, 2.24) is 4.90 Å². The summed E-state index contributed by atoms with van der Waals surface area (Å²) in [4.78, 5) is 17.4. The van der Waals surface area contributed by atoms with Gasteiger partial charge in [-0.25, -0.2) is 0 Å². The van der Waals surface area contributed by atoms with Crippen LogP contribution < -0.4 is 4.90 Å². The van der Waals surface area contributed by atoms with Crippen molar-refractivity contribution in [2.75, 3.05) is 31.1 Å². The lowest BCUT2D eigenvalue weighted by atomic mass is 9.94. The smallest absolute Gasteiger partial charge is 0.225 e. The molecule has 1 fully saturated rings. The molecule has 1 heterocycles. The second kappa shape index (κ2) is 9.59. The number of carbonyl (C=O) groups excluding carboxylic acids is 1. The molecule has 0 saturated carbocycles. The zero-order chi connectivity index (χ0) is 16.5. The number of amides is 1. The van der Waals surface area contributed by atoms with Crippen LogP contribution in [0, 0.1) is 5.92 Å². The van der Waals surface area contributed by atoms with Crippen LogP contribution in [0.3, 0.4) is 0 Å². The standard InChI is InChI=1S/C20H32N2O/c1-3-5-14-22(15-6-4-2)20(23)18-12-16-21(17-13-18)19-10-8-7-9-11-19/h7-11,18H,3-6,12-17H2,1-2H3. The monoisotopic (exact) mass is 316 g/mol. The van der Waals surface area contributed by atoms with Crippen molar-refractivity contribution < 1.29 is 4.79 Å². The van der Waals surface area contributed by atoms with Crippen LogP contribution in [0.25, 0.3) is 0 Å². The van der Waals surface area contributed by atoms with Crippen molar-refractivity contribution in [3.8, 4) is 0 Å². The molecule has 0 aliphatic carbocycles. The Morgan fingerprint density at radius 1 is 1.04 bits per heavy atom. The van der Waals surface area contributed by atoms with E-state index in [0.717, 1.165) is 64.7 Å². The van der Waals surface area contributed by atoms with Gasteiger partial charge in [0.15, 0.2) is 0 Å². The molecule has 1 saturated heterocycles. The van der Waals surface area contributed by atoms with E-state index in [1.807, 2.05) is 0 Å². The largest absolute Gasteiger partial charge is 0.371 e. The first-order valence-electron chi connectivity index (χ1n) is 9.35. The van der Waals surface area contributed by atoms with Crippen LogP contribution in [0.4, 0.5) is 5.69 Å². The van der Waals surface area contributed by atoms with E-state index in [4.69, 9.17) is 0 Å². The summed E-state index contributed by atoms with van der Waals surface area (Å²) in [5.74, 6) is 0.628. The number of unbranched alkanes of at least 4 members (excludes halogenated alkanes) is 2. The Hall–Kier alpha value is -1.51. The highest BCUT2D eigenvalue weighted by molar-refractivity contribution is 5.79. The molecule has 0 bridgehead atoms. The van der Waals surface area contributed by atoms with Crippen molar-refractivity contribution in [3.05, 3.63) is 30.3 Å². The van der Waals surface area contributed by atoms with E-state index in [9.17, 15) is 4.79 Å². The van der Waals surface area contributed by atoms with Crippen LogP contribution in [0.15, 0.2) is 30.3 Å². The number of piperidine rings is 1. The Morgan fingerprint density at radius 3 is 2.13 bits per heavy atom. The average molecular weight is 316 g/mol. The Labute approximate surface area is 141 Å². The first-order valence-corrected chi connectivity index (χ1v) is 9.35. The molecule has 0 radical (unpaired) electrons. The van der Waals surface area contributed by atoms with E-state index < -0.39 is 0 Å². The molecule has 0 aromatic heterocycles. The second-order valence-corrected chi connectivity index (χ2v) is 6.63. The molecule has 0 unspecified atom stereocenters. The maximum Gasteiger partial charge on any atom is 0.225 e. The third-order valence-electron chi connectivity index (χ3n) is 4.84. The maximum atomic E-state index is 12.9. The second-order valence-electron chi connectivity index (χ2n) is 6.63. The molecule has 2 rings (SSSR count). The van der Waals surface area contributed by atoms with E-state index in [2.05, 4.69) is 54.0 Å².